The third kappa shape index (κ3) is 4.46. The maximum Gasteiger partial charge on any atom is 0.241 e. The first kappa shape index (κ1) is 21.3. The summed E-state index contributed by atoms with van der Waals surface area (Å²) in [5.41, 5.74) is 3.55. The molecular formula is C22H28N2O4S. The molecule has 29 heavy (non-hydrogen) atoms. The molecule has 0 aliphatic carbocycles. The first-order valence-corrected chi connectivity index (χ1v) is 11.3. The molecule has 1 amide bonds. The van der Waals surface area contributed by atoms with Gasteiger partial charge in [0.2, 0.25) is 15.9 Å². The fraction of sp³-hybridized carbons (Fsp3) is 0.409. The molecule has 1 atom stereocenters. The van der Waals surface area contributed by atoms with Crippen molar-refractivity contribution in [2.75, 3.05) is 18.6 Å². The Labute approximate surface area is 172 Å². The number of methoxy groups -OCH3 is 1. The van der Waals surface area contributed by atoms with Crippen molar-refractivity contribution in [3.05, 3.63) is 53.1 Å². The van der Waals surface area contributed by atoms with Crippen LogP contribution in [-0.4, -0.2) is 28.0 Å². The molecule has 1 aliphatic heterocycles. The highest BCUT2D eigenvalue weighted by molar-refractivity contribution is 7.89. The average Bonchev–Trinajstić information content (AvgIpc) is 2.71. The van der Waals surface area contributed by atoms with Gasteiger partial charge in [0.25, 0.3) is 0 Å². The van der Waals surface area contributed by atoms with Gasteiger partial charge in [-0.05, 0) is 67.1 Å². The lowest BCUT2D eigenvalue weighted by atomic mass is 10.0. The van der Waals surface area contributed by atoms with Crippen molar-refractivity contribution in [3.8, 4) is 5.75 Å². The molecular weight excluding hydrogens is 388 g/mol. The number of rotatable bonds is 6. The van der Waals surface area contributed by atoms with Crippen molar-refractivity contribution in [2.45, 2.75) is 51.0 Å². The molecule has 6 nitrogen and oxygen atoms in total. The lowest BCUT2D eigenvalue weighted by Gasteiger charge is -2.29. The Balaban J connectivity index is 1.88. The monoisotopic (exact) mass is 416 g/mol. The molecule has 0 spiro atoms. The van der Waals surface area contributed by atoms with Gasteiger partial charge in [-0.3, -0.25) is 4.79 Å². The molecule has 0 saturated carbocycles. The zero-order valence-corrected chi connectivity index (χ0v) is 18.2. The molecule has 0 aromatic heterocycles. The fourth-order valence-electron chi connectivity index (χ4n) is 3.83. The first-order chi connectivity index (χ1) is 13.8. The topological polar surface area (TPSA) is 75.7 Å². The Morgan fingerprint density at radius 1 is 1.24 bits per heavy atom. The Bertz CT molecular complexity index is 1020. The Morgan fingerprint density at radius 3 is 2.62 bits per heavy atom. The summed E-state index contributed by atoms with van der Waals surface area (Å²) < 4.78 is 34.3. The Morgan fingerprint density at radius 2 is 2.00 bits per heavy atom. The lowest BCUT2D eigenvalue weighted by molar-refractivity contribution is -0.116. The largest absolute Gasteiger partial charge is 0.496 e. The number of nitrogens with one attached hydrogen (secondary N) is 1. The summed E-state index contributed by atoms with van der Waals surface area (Å²) in [6, 6.07) is 10.4. The molecule has 7 heteroatoms. The predicted octanol–water partition coefficient (Wildman–Crippen LogP) is 3.73. The molecule has 0 bridgehead atoms. The molecule has 0 saturated heterocycles. The molecule has 1 aliphatic rings. The van der Waals surface area contributed by atoms with Crippen molar-refractivity contribution in [1.29, 1.82) is 0 Å². The highest BCUT2D eigenvalue weighted by Gasteiger charge is 2.25. The number of hydrogen-bond acceptors (Lipinski definition) is 4. The van der Waals surface area contributed by atoms with Crippen LogP contribution in [0.3, 0.4) is 0 Å². The van der Waals surface area contributed by atoms with Gasteiger partial charge in [0, 0.05) is 25.2 Å². The van der Waals surface area contributed by atoms with E-state index < -0.39 is 10.0 Å². The van der Waals surface area contributed by atoms with Gasteiger partial charge in [0.05, 0.1) is 12.0 Å². The number of sulfonamides is 1. The number of anilines is 1. The van der Waals surface area contributed by atoms with Crippen LogP contribution in [0.5, 0.6) is 5.75 Å². The number of carbonyl (C=O) groups excluding carboxylic acids is 1. The third-order valence-corrected chi connectivity index (χ3v) is 6.86. The van der Waals surface area contributed by atoms with Gasteiger partial charge >= 0.3 is 0 Å². The van der Waals surface area contributed by atoms with Crippen LogP contribution >= 0.6 is 0 Å². The van der Waals surface area contributed by atoms with E-state index in [0.29, 0.717) is 13.0 Å². The van der Waals surface area contributed by atoms with E-state index in [1.165, 1.54) is 6.92 Å². The van der Waals surface area contributed by atoms with Gasteiger partial charge < -0.3 is 9.64 Å². The van der Waals surface area contributed by atoms with E-state index in [1.807, 2.05) is 32.0 Å². The lowest BCUT2D eigenvalue weighted by Crippen LogP contribution is -2.34. The molecule has 0 radical (unpaired) electrons. The van der Waals surface area contributed by atoms with Gasteiger partial charge in [-0.2, -0.15) is 0 Å². The van der Waals surface area contributed by atoms with Crippen molar-refractivity contribution < 1.29 is 17.9 Å². The van der Waals surface area contributed by atoms with Crippen LogP contribution in [0.2, 0.25) is 0 Å². The minimum absolute atomic E-state index is 0.0272. The Hall–Kier alpha value is -2.38. The minimum atomic E-state index is -3.70. The van der Waals surface area contributed by atoms with Crippen molar-refractivity contribution in [1.82, 2.24) is 4.72 Å². The normalized spacial score (nSPS) is 15.0. The summed E-state index contributed by atoms with van der Waals surface area (Å²) in [7, 11) is -2.09. The number of aryl methyl sites for hydroxylation is 2. The molecule has 0 unspecified atom stereocenters. The van der Waals surface area contributed by atoms with Gasteiger partial charge in [-0.1, -0.05) is 19.1 Å². The van der Waals surface area contributed by atoms with Gasteiger partial charge in [-0.25, -0.2) is 13.1 Å². The first-order valence-electron chi connectivity index (χ1n) is 9.84. The van der Waals surface area contributed by atoms with E-state index in [9.17, 15) is 13.2 Å². The maximum absolute atomic E-state index is 13.1. The number of nitrogens with zero attached hydrogens (tertiary/aromatic N) is 1. The average molecular weight is 417 g/mol. The van der Waals surface area contributed by atoms with Crippen LogP contribution in [0.4, 0.5) is 5.69 Å². The van der Waals surface area contributed by atoms with Crippen molar-refractivity contribution in [2.24, 2.45) is 0 Å². The van der Waals surface area contributed by atoms with E-state index in [1.54, 1.807) is 30.2 Å². The van der Waals surface area contributed by atoms with Gasteiger partial charge in [0.15, 0.2) is 0 Å². The van der Waals surface area contributed by atoms with Crippen molar-refractivity contribution in [3.63, 3.8) is 0 Å². The minimum Gasteiger partial charge on any atom is -0.496 e. The van der Waals surface area contributed by atoms with Crippen LogP contribution in [0, 0.1) is 6.92 Å². The number of hydrogen-bond donors (Lipinski definition) is 1. The van der Waals surface area contributed by atoms with Gasteiger partial charge in [-0.15, -0.1) is 0 Å². The summed E-state index contributed by atoms with van der Waals surface area (Å²) in [4.78, 5) is 13.8. The Kier molecular flexibility index (Phi) is 6.29. The third-order valence-electron chi connectivity index (χ3n) is 5.39. The highest BCUT2D eigenvalue weighted by atomic mass is 32.2. The molecule has 1 heterocycles. The second-order valence-corrected chi connectivity index (χ2v) is 9.09. The zero-order chi connectivity index (χ0) is 21.2. The molecule has 2 aromatic carbocycles. The molecule has 2 aromatic rings. The van der Waals surface area contributed by atoms with Crippen LogP contribution in [0.1, 0.15) is 49.4 Å². The highest BCUT2D eigenvalue weighted by Crippen LogP contribution is 2.31. The number of amides is 1. The second-order valence-electron chi connectivity index (χ2n) is 7.38. The molecule has 0 fully saturated rings. The summed E-state index contributed by atoms with van der Waals surface area (Å²) in [6.07, 6.45) is 2.21. The molecule has 1 N–H and O–H groups in total. The van der Waals surface area contributed by atoms with Crippen LogP contribution in [0.25, 0.3) is 0 Å². The van der Waals surface area contributed by atoms with E-state index in [2.05, 4.69) is 4.72 Å². The van der Waals surface area contributed by atoms with Crippen LogP contribution < -0.4 is 14.4 Å². The zero-order valence-electron chi connectivity index (χ0n) is 17.4. The van der Waals surface area contributed by atoms with Crippen molar-refractivity contribution >= 4 is 21.6 Å². The van der Waals surface area contributed by atoms with Gasteiger partial charge in [0.1, 0.15) is 5.75 Å². The van der Waals surface area contributed by atoms with E-state index >= 15 is 0 Å². The summed E-state index contributed by atoms with van der Waals surface area (Å²) in [5.74, 6) is 0.747. The van der Waals surface area contributed by atoms with E-state index in [4.69, 9.17) is 4.74 Å². The maximum atomic E-state index is 13.1. The quantitative estimate of drug-likeness (QED) is 0.778. The predicted molar refractivity (Wildman–Crippen MR) is 114 cm³/mol. The SMILES string of the molecule is CC[C@@H](NS(=O)(=O)c1ccc2c(c1)CCCN2C(C)=O)c1ccc(OC)c(C)c1. The number of ether oxygens (including phenoxy) is 1. The molecule has 156 valence electrons. The summed E-state index contributed by atoms with van der Waals surface area (Å²) in [6.45, 7) is 6.09. The number of fused-ring (bicyclic) bond motifs is 1. The molecule has 3 rings (SSSR count). The summed E-state index contributed by atoms with van der Waals surface area (Å²) in [5, 5.41) is 0. The van der Waals surface area contributed by atoms with Crippen LogP contribution in [-0.2, 0) is 21.2 Å². The second kappa shape index (κ2) is 8.55. The van der Waals surface area contributed by atoms with E-state index in [0.717, 1.165) is 41.0 Å². The fourth-order valence-corrected chi connectivity index (χ4v) is 5.19. The standard InChI is InChI=1S/C22H28N2O4S/c1-5-20(17-8-11-22(28-4)15(2)13-17)23-29(26,27)19-9-10-21-18(14-19)7-6-12-24(21)16(3)25/h8-11,13-14,20,23H,5-7,12H2,1-4H3/t20-/m1/s1. The number of benzene rings is 2. The van der Waals surface area contributed by atoms with E-state index in [-0.39, 0.29) is 16.8 Å². The van der Waals surface area contributed by atoms with Crippen LogP contribution in [0.15, 0.2) is 41.3 Å². The smallest absolute Gasteiger partial charge is 0.241 e. The summed E-state index contributed by atoms with van der Waals surface area (Å²) >= 11 is 0. The number of carbonyl (C=O) groups is 1.